The van der Waals surface area contributed by atoms with Crippen LogP contribution in [0.2, 0.25) is 4.34 Å². The van der Waals surface area contributed by atoms with E-state index in [4.69, 9.17) is 26.7 Å². The first-order chi connectivity index (χ1) is 4.63. The molecule has 0 amide bonds. The molecule has 0 atom stereocenters. The SMILES string of the molecule is Clc1cccs1.OB(O)O. The molecule has 1 heterocycles. The fraction of sp³-hybridized carbons (Fsp3) is 0. The quantitative estimate of drug-likeness (QED) is 0.505. The summed E-state index contributed by atoms with van der Waals surface area (Å²) in [5.74, 6) is 0. The molecule has 0 aliphatic heterocycles. The second-order valence-corrected chi connectivity index (χ2v) is 2.84. The molecule has 3 N–H and O–H groups in total. The molecule has 0 aromatic carbocycles. The zero-order chi connectivity index (χ0) is 7.98. The van der Waals surface area contributed by atoms with Crippen molar-refractivity contribution in [1.29, 1.82) is 0 Å². The van der Waals surface area contributed by atoms with Crippen LogP contribution in [-0.4, -0.2) is 22.4 Å². The van der Waals surface area contributed by atoms with Crippen LogP contribution in [0.25, 0.3) is 0 Å². The van der Waals surface area contributed by atoms with E-state index in [1.165, 1.54) is 0 Å². The summed E-state index contributed by atoms with van der Waals surface area (Å²) in [6.45, 7) is 0. The first-order valence-electron chi connectivity index (χ1n) is 2.36. The first kappa shape index (κ1) is 9.93. The van der Waals surface area contributed by atoms with E-state index in [1.807, 2.05) is 17.5 Å². The summed E-state index contributed by atoms with van der Waals surface area (Å²) in [5.41, 5.74) is 0. The second kappa shape index (κ2) is 5.70. The summed E-state index contributed by atoms with van der Waals surface area (Å²) in [6.07, 6.45) is 0. The highest BCUT2D eigenvalue weighted by molar-refractivity contribution is 7.14. The topological polar surface area (TPSA) is 60.7 Å². The van der Waals surface area contributed by atoms with Gasteiger partial charge in [0, 0.05) is 0 Å². The molecule has 1 rings (SSSR count). The Morgan fingerprint density at radius 2 is 1.90 bits per heavy atom. The Morgan fingerprint density at radius 1 is 1.40 bits per heavy atom. The van der Waals surface area contributed by atoms with Gasteiger partial charge in [-0.3, -0.25) is 0 Å². The number of thiophene rings is 1. The predicted octanol–water partition coefficient (Wildman–Crippen LogP) is 0.350. The van der Waals surface area contributed by atoms with Gasteiger partial charge in [0.25, 0.3) is 0 Å². The molecular weight excluding hydrogens is 174 g/mol. The lowest BCUT2D eigenvalue weighted by Gasteiger charge is -1.69. The fourth-order valence-electron chi connectivity index (χ4n) is 0.259. The van der Waals surface area contributed by atoms with Gasteiger partial charge in [0.2, 0.25) is 0 Å². The third-order valence-electron chi connectivity index (χ3n) is 0.486. The molecule has 0 aliphatic carbocycles. The van der Waals surface area contributed by atoms with Gasteiger partial charge in [-0.2, -0.15) is 0 Å². The summed E-state index contributed by atoms with van der Waals surface area (Å²) >= 11 is 7.02. The van der Waals surface area contributed by atoms with Crippen LogP contribution in [0.4, 0.5) is 0 Å². The van der Waals surface area contributed by atoms with Crippen molar-refractivity contribution < 1.29 is 15.1 Å². The highest BCUT2D eigenvalue weighted by Gasteiger charge is 1.92. The normalized spacial score (nSPS) is 8.00. The Kier molecular flexibility index (Phi) is 5.66. The van der Waals surface area contributed by atoms with E-state index in [2.05, 4.69) is 0 Å². The van der Waals surface area contributed by atoms with Crippen LogP contribution < -0.4 is 0 Å². The third-order valence-corrected chi connectivity index (χ3v) is 1.53. The van der Waals surface area contributed by atoms with Crippen molar-refractivity contribution in [1.82, 2.24) is 0 Å². The van der Waals surface area contributed by atoms with Gasteiger partial charge < -0.3 is 15.1 Å². The summed E-state index contributed by atoms with van der Waals surface area (Å²) in [6, 6.07) is 3.79. The average molecular weight is 180 g/mol. The monoisotopic (exact) mass is 180 g/mol. The molecule has 0 unspecified atom stereocenters. The van der Waals surface area contributed by atoms with E-state index < -0.39 is 7.32 Å². The molecule has 0 fully saturated rings. The molecule has 10 heavy (non-hydrogen) atoms. The van der Waals surface area contributed by atoms with Crippen molar-refractivity contribution in [2.45, 2.75) is 0 Å². The van der Waals surface area contributed by atoms with Gasteiger partial charge in [-0.25, -0.2) is 0 Å². The highest BCUT2D eigenvalue weighted by Crippen LogP contribution is 2.13. The van der Waals surface area contributed by atoms with Gasteiger partial charge in [0.05, 0.1) is 4.34 Å². The van der Waals surface area contributed by atoms with Gasteiger partial charge >= 0.3 is 7.32 Å². The van der Waals surface area contributed by atoms with Crippen molar-refractivity contribution in [2.75, 3.05) is 0 Å². The van der Waals surface area contributed by atoms with Gasteiger partial charge in [0.1, 0.15) is 0 Å². The van der Waals surface area contributed by atoms with E-state index in [0.717, 1.165) is 4.34 Å². The summed E-state index contributed by atoms with van der Waals surface area (Å²) in [5, 5.41) is 23.4. The van der Waals surface area contributed by atoms with Crippen LogP contribution in [0.3, 0.4) is 0 Å². The predicted molar refractivity (Wildman–Crippen MR) is 41.7 cm³/mol. The molecule has 1 aromatic heterocycles. The largest absolute Gasteiger partial charge is 0.631 e. The lowest BCUT2D eigenvalue weighted by molar-refractivity contribution is 0.278. The Balaban J connectivity index is 0.000000180. The van der Waals surface area contributed by atoms with Gasteiger partial charge in [-0.15, -0.1) is 11.3 Å². The molecule has 0 saturated heterocycles. The van der Waals surface area contributed by atoms with E-state index in [-0.39, 0.29) is 0 Å². The molecular formula is C4H6BClO3S. The number of halogens is 1. The summed E-state index contributed by atoms with van der Waals surface area (Å²) in [7, 11) is -2.17. The van der Waals surface area contributed by atoms with Crippen LogP contribution in [0.1, 0.15) is 0 Å². The average Bonchev–Trinajstić information content (AvgIpc) is 2.15. The standard InChI is InChI=1S/C4H3ClS.BH3O3/c5-4-2-1-3-6-4;2-1(3)4/h1-3H;2-4H. The Morgan fingerprint density at radius 3 is 2.00 bits per heavy atom. The third kappa shape index (κ3) is 7.93. The van der Waals surface area contributed by atoms with Crippen molar-refractivity contribution in [3.05, 3.63) is 21.8 Å². The molecule has 56 valence electrons. The molecule has 0 spiro atoms. The van der Waals surface area contributed by atoms with E-state index >= 15 is 0 Å². The lowest BCUT2D eigenvalue weighted by atomic mass is 10.3. The molecule has 0 aliphatic rings. The van der Waals surface area contributed by atoms with E-state index in [1.54, 1.807) is 11.3 Å². The highest BCUT2D eigenvalue weighted by atomic mass is 35.5. The van der Waals surface area contributed by atoms with Gasteiger partial charge in [-0.1, -0.05) is 11.6 Å². The van der Waals surface area contributed by atoms with Crippen LogP contribution in [-0.2, 0) is 0 Å². The smallest absolute Gasteiger partial charge is 0.402 e. The minimum Gasteiger partial charge on any atom is -0.402 e. The fourth-order valence-corrected chi connectivity index (χ4v) is 0.930. The van der Waals surface area contributed by atoms with Crippen LogP contribution in [0, 0.1) is 0 Å². The van der Waals surface area contributed by atoms with Crippen molar-refractivity contribution in [2.24, 2.45) is 0 Å². The Hall–Kier alpha value is -0.0651. The minimum atomic E-state index is -2.17. The van der Waals surface area contributed by atoms with Crippen LogP contribution in [0.15, 0.2) is 17.5 Å². The maximum absolute atomic E-state index is 7.17. The van der Waals surface area contributed by atoms with Crippen molar-refractivity contribution >= 4 is 30.3 Å². The zero-order valence-corrected chi connectivity index (χ0v) is 6.51. The second-order valence-electron chi connectivity index (χ2n) is 1.26. The number of rotatable bonds is 0. The Labute approximate surface area is 67.7 Å². The molecule has 6 heteroatoms. The molecule has 3 nitrogen and oxygen atoms in total. The number of hydrogen-bond acceptors (Lipinski definition) is 4. The molecule has 0 bridgehead atoms. The van der Waals surface area contributed by atoms with Gasteiger partial charge in [-0.05, 0) is 17.5 Å². The van der Waals surface area contributed by atoms with E-state index in [9.17, 15) is 0 Å². The summed E-state index contributed by atoms with van der Waals surface area (Å²) < 4.78 is 0.856. The van der Waals surface area contributed by atoms with Crippen molar-refractivity contribution in [3.8, 4) is 0 Å². The molecule has 1 aromatic rings. The van der Waals surface area contributed by atoms with Gasteiger partial charge in [0.15, 0.2) is 0 Å². The zero-order valence-electron chi connectivity index (χ0n) is 4.94. The first-order valence-corrected chi connectivity index (χ1v) is 3.62. The van der Waals surface area contributed by atoms with Crippen molar-refractivity contribution in [3.63, 3.8) is 0 Å². The van der Waals surface area contributed by atoms with E-state index in [0.29, 0.717) is 0 Å². The molecule has 0 saturated carbocycles. The molecule has 0 radical (unpaired) electrons. The summed E-state index contributed by atoms with van der Waals surface area (Å²) in [4.78, 5) is 0. The maximum atomic E-state index is 7.17. The minimum absolute atomic E-state index is 0.856. The van der Waals surface area contributed by atoms with Crippen LogP contribution in [0.5, 0.6) is 0 Å². The number of hydrogen-bond donors (Lipinski definition) is 3. The Bertz CT molecular complexity index is 153. The van der Waals surface area contributed by atoms with Crippen LogP contribution >= 0.6 is 22.9 Å². The maximum Gasteiger partial charge on any atom is 0.631 e. The lowest BCUT2D eigenvalue weighted by Crippen LogP contribution is -2.07.